The Kier molecular flexibility index (Phi) is 6.58. The van der Waals surface area contributed by atoms with Crippen molar-refractivity contribution in [3.05, 3.63) is 102 Å². The minimum absolute atomic E-state index is 0.277. The molecule has 0 aromatic heterocycles. The lowest BCUT2D eigenvalue weighted by Crippen LogP contribution is -2.12. The Morgan fingerprint density at radius 3 is 2.17 bits per heavy atom. The highest BCUT2D eigenvalue weighted by Crippen LogP contribution is 2.25. The van der Waals surface area contributed by atoms with Gasteiger partial charge in [-0.2, -0.15) is 5.10 Å². The number of rotatable bonds is 7. The summed E-state index contributed by atoms with van der Waals surface area (Å²) in [5, 5.41) is 18.3. The molecular formula is C23H20N4O3. The molecule has 0 spiro atoms. The quantitative estimate of drug-likeness (QED) is 0.158. The third-order valence-electron chi connectivity index (χ3n) is 4.24. The lowest BCUT2D eigenvalue weighted by molar-refractivity contribution is -0.131. The molecule has 0 bridgehead atoms. The zero-order valence-corrected chi connectivity index (χ0v) is 15.9. The number of carboxylic acids is 1. The van der Waals surface area contributed by atoms with Crippen LogP contribution in [0.4, 0.5) is 11.4 Å². The summed E-state index contributed by atoms with van der Waals surface area (Å²) in [6.45, 7) is 0. The second-order valence-corrected chi connectivity index (χ2v) is 6.30. The second-order valence-electron chi connectivity index (χ2n) is 6.30. The normalized spacial score (nSPS) is 11.3. The van der Waals surface area contributed by atoms with E-state index in [0.717, 1.165) is 11.1 Å². The average Bonchev–Trinajstić information content (AvgIpc) is 2.77. The number of hydrazone groups is 1. The van der Waals surface area contributed by atoms with Crippen LogP contribution in [0.2, 0.25) is 0 Å². The number of carbonyl (C=O) groups excluding carboxylic acids is 1. The van der Waals surface area contributed by atoms with E-state index in [4.69, 9.17) is 5.84 Å². The molecule has 1 amide bonds. The van der Waals surface area contributed by atoms with Crippen molar-refractivity contribution in [2.75, 3.05) is 10.6 Å². The molecule has 5 N–H and O–H groups in total. The monoisotopic (exact) mass is 400 g/mol. The summed E-state index contributed by atoms with van der Waals surface area (Å²) in [5.74, 6) is 3.76. The summed E-state index contributed by atoms with van der Waals surface area (Å²) in [5.41, 5.74) is 3.84. The van der Waals surface area contributed by atoms with Crippen LogP contribution in [-0.2, 0) is 4.79 Å². The van der Waals surface area contributed by atoms with Crippen molar-refractivity contribution in [1.29, 1.82) is 0 Å². The highest BCUT2D eigenvalue weighted by Gasteiger charge is 2.10. The number of hydrogen-bond donors (Lipinski definition) is 4. The van der Waals surface area contributed by atoms with E-state index in [1.165, 1.54) is 12.4 Å². The van der Waals surface area contributed by atoms with Crippen LogP contribution < -0.4 is 16.5 Å². The first-order valence-corrected chi connectivity index (χ1v) is 9.07. The fourth-order valence-electron chi connectivity index (χ4n) is 2.87. The Morgan fingerprint density at radius 2 is 1.50 bits per heavy atom. The Labute approximate surface area is 173 Å². The molecule has 7 heteroatoms. The first kappa shape index (κ1) is 20.3. The fraction of sp³-hybridized carbons (Fsp3) is 0. The maximum absolute atomic E-state index is 12.5. The smallest absolute Gasteiger partial charge is 0.328 e. The minimum atomic E-state index is -1.03. The molecule has 0 heterocycles. The Balaban J connectivity index is 1.78. The van der Waals surface area contributed by atoms with Gasteiger partial charge in [0.15, 0.2) is 0 Å². The predicted molar refractivity (Wildman–Crippen MR) is 118 cm³/mol. The molecule has 7 nitrogen and oxygen atoms in total. The number of carboxylic acid groups (broad SMARTS) is 1. The second kappa shape index (κ2) is 9.70. The van der Waals surface area contributed by atoms with Gasteiger partial charge in [-0.05, 0) is 47.0 Å². The molecule has 3 aromatic carbocycles. The van der Waals surface area contributed by atoms with E-state index in [1.54, 1.807) is 48.5 Å². The number of benzene rings is 3. The number of aliphatic carboxylic acids is 1. The summed E-state index contributed by atoms with van der Waals surface area (Å²) in [6, 6.07) is 23.2. The van der Waals surface area contributed by atoms with E-state index < -0.39 is 5.97 Å². The van der Waals surface area contributed by atoms with E-state index >= 15 is 0 Å². The lowest BCUT2D eigenvalue weighted by atomic mass is 9.97. The van der Waals surface area contributed by atoms with Gasteiger partial charge >= 0.3 is 5.97 Å². The van der Waals surface area contributed by atoms with Gasteiger partial charge in [0, 0.05) is 23.0 Å². The maximum Gasteiger partial charge on any atom is 0.328 e. The van der Waals surface area contributed by atoms with Gasteiger partial charge in [0.2, 0.25) is 0 Å². The van der Waals surface area contributed by atoms with Gasteiger partial charge in [-0.3, -0.25) is 4.79 Å². The fourth-order valence-corrected chi connectivity index (χ4v) is 2.87. The average molecular weight is 400 g/mol. The molecular weight excluding hydrogens is 380 g/mol. The molecule has 0 fully saturated rings. The van der Waals surface area contributed by atoms with E-state index in [1.807, 2.05) is 30.3 Å². The SMILES string of the molecule is NN=CNc1cccc(C(=O)Nc2ccc(C(=CC(=O)O)c3ccccc3)cc2)c1. The van der Waals surface area contributed by atoms with Gasteiger partial charge in [-0.25, -0.2) is 4.79 Å². The molecule has 3 rings (SSSR count). The lowest BCUT2D eigenvalue weighted by Gasteiger charge is -2.10. The maximum atomic E-state index is 12.5. The Hall–Kier alpha value is -4.39. The number of nitrogens with two attached hydrogens (primary N) is 1. The molecule has 3 aromatic rings. The van der Waals surface area contributed by atoms with E-state index in [0.29, 0.717) is 22.5 Å². The van der Waals surface area contributed by atoms with Crippen LogP contribution in [0.3, 0.4) is 0 Å². The highest BCUT2D eigenvalue weighted by molar-refractivity contribution is 6.05. The van der Waals surface area contributed by atoms with Crippen molar-refractivity contribution < 1.29 is 14.7 Å². The van der Waals surface area contributed by atoms with E-state index in [2.05, 4.69) is 15.7 Å². The molecule has 0 atom stereocenters. The molecule has 0 aliphatic rings. The van der Waals surface area contributed by atoms with Crippen molar-refractivity contribution in [3.63, 3.8) is 0 Å². The van der Waals surface area contributed by atoms with Crippen LogP contribution >= 0.6 is 0 Å². The van der Waals surface area contributed by atoms with Crippen molar-refractivity contribution in [2.45, 2.75) is 0 Å². The molecule has 0 aliphatic heterocycles. The van der Waals surface area contributed by atoms with Crippen LogP contribution in [0.5, 0.6) is 0 Å². The van der Waals surface area contributed by atoms with Gasteiger partial charge in [0.25, 0.3) is 5.91 Å². The van der Waals surface area contributed by atoms with Crippen LogP contribution in [-0.4, -0.2) is 23.3 Å². The minimum Gasteiger partial charge on any atom is -0.478 e. The summed E-state index contributed by atoms with van der Waals surface area (Å²) in [4.78, 5) is 23.8. The molecule has 0 saturated heterocycles. The molecule has 0 aliphatic carbocycles. The first-order valence-electron chi connectivity index (χ1n) is 9.07. The van der Waals surface area contributed by atoms with Gasteiger partial charge < -0.3 is 21.6 Å². The zero-order valence-electron chi connectivity index (χ0n) is 15.9. The van der Waals surface area contributed by atoms with Gasteiger partial charge in [0.05, 0.1) is 0 Å². The number of amides is 1. The predicted octanol–water partition coefficient (Wildman–Crippen LogP) is 3.77. The van der Waals surface area contributed by atoms with Crippen molar-refractivity contribution in [3.8, 4) is 0 Å². The van der Waals surface area contributed by atoms with Gasteiger partial charge in [-0.1, -0.05) is 48.5 Å². The molecule has 150 valence electrons. The molecule has 0 unspecified atom stereocenters. The molecule has 0 saturated carbocycles. The number of nitrogens with one attached hydrogen (secondary N) is 2. The first-order chi connectivity index (χ1) is 14.6. The van der Waals surface area contributed by atoms with Crippen LogP contribution in [0.15, 0.2) is 90.0 Å². The standard InChI is InChI=1S/C23H20N4O3/c24-26-15-25-20-8-4-7-18(13-20)23(30)27-19-11-9-17(10-12-19)21(14-22(28)29)16-5-2-1-3-6-16/h1-15H,24H2,(H,25,26)(H,27,30)(H,28,29). The summed E-state index contributed by atoms with van der Waals surface area (Å²) in [6.07, 6.45) is 2.50. The van der Waals surface area contributed by atoms with Crippen LogP contribution in [0, 0.1) is 0 Å². The summed E-state index contributed by atoms with van der Waals surface area (Å²) in [7, 11) is 0. The Bertz CT molecular complexity index is 1090. The van der Waals surface area contributed by atoms with Crippen molar-refractivity contribution >= 4 is 35.2 Å². The number of carbonyl (C=O) groups is 2. The molecule has 0 radical (unpaired) electrons. The van der Waals surface area contributed by atoms with Gasteiger partial charge in [-0.15, -0.1) is 0 Å². The van der Waals surface area contributed by atoms with E-state index in [-0.39, 0.29) is 5.91 Å². The summed E-state index contributed by atoms with van der Waals surface area (Å²) < 4.78 is 0. The third kappa shape index (κ3) is 5.32. The van der Waals surface area contributed by atoms with E-state index in [9.17, 15) is 14.7 Å². The summed E-state index contributed by atoms with van der Waals surface area (Å²) >= 11 is 0. The van der Waals surface area contributed by atoms with Gasteiger partial charge in [0.1, 0.15) is 6.34 Å². The largest absolute Gasteiger partial charge is 0.478 e. The third-order valence-corrected chi connectivity index (χ3v) is 4.24. The van der Waals surface area contributed by atoms with Crippen LogP contribution in [0.1, 0.15) is 21.5 Å². The molecule has 30 heavy (non-hydrogen) atoms. The highest BCUT2D eigenvalue weighted by atomic mass is 16.4. The zero-order chi connectivity index (χ0) is 21.3. The van der Waals surface area contributed by atoms with Crippen molar-refractivity contribution in [1.82, 2.24) is 0 Å². The Morgan fingerprint density at radius 1 is 0.833 bits per heavy atom. The topological polar surface area (TPSA) is 117 Å². The van der Waals surface area contributed by atoms with Crippen LogP contribution in [0.25, 0.3) is 5.57 Å². The number of anilines is 2. The number of nitrogens with zero attached hydrogens (tertiary/aromatic N) is 1. The number of hydrogen-bond acceptors (Lipinski definition) is 4. The van der Waals surface area contributed by atoms with Crippen molar-refractivity contribution in [2.24, 2.45) is 10.9 Å².